The smallest absolute Gasteiger partial charge is 0.418 e. The van der Waals surface area contributed by atoms with Gasteiger partial charge in [-0.2, -0.15) is 21.9 Å². The van der Waals surface area contributed by atoms with Gasteiger partial charge in [-0.25, -0.2) is 9.78 Å². The van der Waals surface area contributed by atoms with Crippen molar-refractivity contribution in [1.29, 1.82) is 0 Å². The molecule has 2 fully saturated rings. The molecule has 154 valence electrons. The van der Waals surface area contributed by atoms with Gasteiger partial charge in [0.15, 0.2) is 5.03 Å². The van der Waals surface area contributed by atoms with E-state index in [0.29, 0.717) is 10.8 Å². The predicted octanol–water partition coefficient (Wildman–Crippen LogP) is -0.861. The summed E-state index contributed by atoms with van der Waals surface area (Å²) in [6.07, 6.45) is 1.69. The monoisotopic (exact) mass is 435 g/mol. The molecule has 2 amide bonds. The highest BCUT2D eigenvalue weighted by molar-refractivity contribution is 7.90. The number of sulfonamides is 1. The van der Waals surface area contributed by atoms with Crippen molar-refractivity contribution in [2.45, 2.75) is 30.0 Å². The Kier molecular flexibility index (Phi) is 5.18. The van der Waals surface area contributed by atoms with Crippen LogP contribution in [0.5, 0.6) is 5.75 Å². The van der Waals surface area contributed by atoms with Gasteiger partial charge >= 0.3 is 26.5 Å². The van der Waals surface area contributed by atoms with E-state index in [0.717, 1.165) is 4.90 Å². The molecule has 2 atom stereocenters. The normalized spacial score (nSPS) is 23.2. The lowest BCUT2D eigenvalue weighted by molar-refractivity contribution is -0.0316. The van der Waals surface area contributed by atoms with E-state index in [4.69, 9.17) is 15.0 Å². The second-order valence-electron chi connectivity index (χ2n) is 6.04. The largest absolute Gasteiger partial charge is 0.495 e. The summed E-state index contributed by atoms with van der Waals surface area (Å²) in [5, 5.41) is 0.177. The zero-order chi connectivity index (χ0) is 20.7. The number of methoxy groups -OCH3 is 1. The topological polar surface area (TPSA) is 182 Å². The van der Waals surface area contributed by atoms with E-state index in [2.05, 4.69) is 13.7 Å². The molecule has 0 radical (unpaired) electrons. The third kappa shape index (κ3) is 4.01. The molecule has 0 aromatic carbocycles. The second kappa shape index (κ2) is 7.16. The van der Waals surface area contributed by atoms with Gasteiger partial charge in [0.1, 0.15) is 11.6 Å². The molecule has 3 heterocycles. The minimum absolute atomic E-state index is 0.0378. The first-order chi connectivity index (χ1) is 13.0. The SMILES string of the molecule is COc1ccc(S(=O)(=O)N=C(N)C2CCC3CN2C(=O)N3OS(=O)(=O)O)nc1. The number of urea groups is 1. The molecular weight excluding hydrogens is 418 g/mol. The van der Waals surface area contributed by atoms with Crippen LogP contribution >= 0.6 is 0 Å². The lowest BCUT2D eigenvalue weighted by atomic mass is 10.0. The first-order valence-electron chi connectivity index (χ1n) is 7.89. The summed E-state index contributed by atoms with van der Waals surface area (Å²) < 4.78 is 68.2. The van der Waals surface area contributed by atoms with E-state index in [1.165, 1.54) is 25.4 Å². The van der Waals surface area contributed by atoms with Gasteiger partial charge in [0.25, 0.3) is 0 Å². The minimum Gasteiger partial charge on any atom is -0.495 e. The number of hydroxylamine groups is 2. The number of aromatic nitrogens is 1. The molecule has 2 aliphatic rings. The fourth-order valence-corrected chi connectivity index (χ4v) is 4.33. The number of rotatable bonds is 6. The van der Waals surface area contributed by atoms with Crippen molar-refractivity contribution in [3.8, 4) is 5.75 Å². The van der Waals surface area contributed by atoms with Gasteiger partial charge in [-0.15, -0.1) is 8.68 Å². The van der Waals surface area contributed by atoms with Crippen LogP contribution in [-0.4, -0.2) is 73.9 Å². The number of nitrogens with two attached hydrogens (primary N) is 1. The summed E-state index contributed by atoms with van der Waals surface area (Å²) >= 11 is 0. The van der Waals surface area contributed by atoms with E-state index in [-0.39, 0.29) is 30.2 Å². The van der Waals surface area contributed by atoms with Crippen LogP contribution in [0.3, 0.4) is 0 Å². The van der Waals surface area contributed by atoms with Crippen molar-refractivity contribution in [2.75, 3.05) is 13.7 Å². The number of amidine groups is 1. The first kappa shape index (κ1) is 20.2. The van der Waals surface area contributed by atoms with E-state index in [1.54, 1.807) is 0 Å². The third-order valence-corrected chi connectivity index (χ3v) is 5.84. The lowest BCUT2D eigenvalue weighted by Gasteiger charge is -2.29. The van der Waals surface area contributed by atoms with Crippen molar-refractivity contribution < 1.29 is 35.2 Å². The number of fused-ring (bicyclic) bond motifs is 2. The highest BCUT2D eigenvalue weighted by atomic mass is 32.3. The van der Waals surface area contributed by atoms with Crippen LogP contribution in [0.4, 0.5) is 4.79 Å². The number of ether oxygens (including phenoxy) is 1. The first-order valence-corrected chi connectivity index (χ1v) is 10.7. The molecule has 0 saturated carbocycles. The quantitative estimate of drug-likeness (QED) is 0.324. The van der Waals surface area contributed by atoms with Gasteiger partial charge in [0.2, 0.25) is 0 Å². The predicted molar refractivity (Wildman–Crippen MR) is 93.0 cm³/mol. The van der Waals surface area contributed by atoms with E-state index >= 15 is 0 Å². The van der Waals surface area contributed by atoms with Crippen molar-refractivity contribution in [1.82, 2.24) is 14.9 Å². The number of carbonyl (C=O) groups excluding carboxylic acids is 1. The summed E-state index contributed by atoms with van der Waals surface area (Å²) in [6, 6.07) is 0.212. The standard InChI is InChI=1S/C13H17N5O8S2/c1-25-9-3-5-11(15-6-9)27(20,21)16-12(14)10-4-2-8-7-17(10)13(19)18(8)26-28(22,23)24/h3,5-6,8,10H,2,4,7H2,1H3,(H2,14,16)(H,22,23,24). The Bertz CT molecular complexity index is 1010. The van der Waals surface area contributed by atoms with Crippen molar-refractivity contribution in [3.05, 3.63) is 18.3 Å². The lowest BCUT2D eigenvalue weighted by Crippen LogP contribution is -2.48. The number of pyridine rings is 1. The summed E-state index contributed by atoms with van der Waals surface area (Å²) in [6.45, 7) is 0.0378. The highest BCUT2D eigenvalue weighted by Gasteiger charge is 2.48. The van der Waals surface area contributed by atoms with Crippen LogP contribution in [-0.2, 0) is 24.7 Å². The molecule has 2 saturated heterocycles. The number of hydrogen-bond donors (Lipinski definition) is 2. The molecule has 28 heavy (non-hydrogen) atoms. The Morgan fingerprint density at radius 2 is 2.04 bits per heavy atom. The van der Waals surface area contributed by atoms with E-state index < -0.39 is 38.5 Å². The highest BCUT2D eigenvalue weighted by Crippen LogP contribution is 2.31. The van der Waals surface area contributed by atoms with Crippen molar-refractivity contribution >= 4 is 32.3 Å². The Labute approximate surface area is 160 Å². The summed E-state index contributed by atoms with van der Waals surface area (Å²) in [5.74, 6) is 0.00828. The van der Waals surface area contributed by atoms with Gasteiger partial charge < -0.3 is 15.4 Å². The zero-order valence-corrected chi connectivity index (χ0v) is 16.1. The molecule has 0 aliphatic carbocycles. The zero-order valence-electron chi connectivity index (χ0n) is 14.5. The molecule has 1 aromatic rings. The maximum Gasteiger partial charge on any atom is 0.418 e. The molecule has 1 aromatic heterocycles. The molecule has 15 heteroatoms. The van der Waals surface area contributed by atoms with Gasteiger partial charge in [-0.05, 0) is 25.0 Å². The van der Waals surface area contributed by atoms with Gasteiger partial charge in [-0.3, -0.25) is 4.55 Å². The molecule has 2 aliphatic heterocycles. The van der Waals surface area contributed by atoms with Crippen molar-refractivity contribution in [2.24, 2.45) is 10.1 Å². The number of nitrogens with zero attached hydrogens (tertiary/aromatic N) is 4. The average Bonchev–Trinajstić information content (AvgIpc) is 2.85. The average molecular weight is 435 g/mol. The number of carbonyl (C=O) groups is 1. The number of amides is 2. The maximum absolute atomic E-state index is 12.4. The van der Waals surface area contributed by atoms with Gasteiger partial charge in [0, 0.05) is 6.54 Å². The van der Waals surface area contributed by atoms with Gasteiger partial charge in [-0.1, -0.05) is 0 Å². The molecular formula is C13H17N5O8S2. The number of piperidine rings is 1. The Morgan fingerprint density at radius 3 is 2.61 bits per heavy atom. The Balaban J connectivity index is 1.82. The van der Waals surface area contributed by atoms with Crippen LogP contribution in [0.2, 0.25) is 0 Å². The van der Waals surface area contributed by atoms with Crippen LogP contribution in [0.1, 0.15) is 12.8 Å². The molecule has 3 rings (SSSR count). The molecule has 3 N–H and O–H groups in total. The number of hydrogen-bond acceptors (Lipinski definition) is 8. The summed E-state index contributed by atoms with van der Waals surface area (Å²) in [7, 11) is -7.72. The van der Waals surface area contributed by atoms with Crippen molar-refractivity contribution in [3.63, 3.8) is 0 Å². The van der Waals surface area contributed by atoms with Crippen LogP contribution < -0.4 is 10.5 Å². The summed E-state index contributed by atoms with van der Waals surface area (Å²) in [4.78, 5) is 17.2. The fraction of sp³-hybridized carbons (Fsp3) is 0.462. The summed E-state index contributed by atoms with van der Waals surface area (Å²) in [5.41, 5.74) is 5.84. The molecule has 2 bridgehead atoms. The second-order valence-corrected chi connectivity index (χ2v) is 8.59. The van der Waals surface area contributed by atoms with E-state index in [9.17, 15) is 21.6 Å². The minimum atomic E-state index is -4.88. The van der Waals surface area contributed by atoms with Crippen LogP contribution in [0.25, 0.3) is 0 Å². The molecule has 0 spiro atoms. The molecule has 2 unspecified atom stereocenters. The maximum atomic E-state index is 12.4. The third-order valence-electron chi connectivity index (χ3n) is 4.27. The van der Waals surface area contributed by atoms with Crippen LogP contribution in [0, 0.1) is 0 Å². The van der Waals surface area contributed by atoms with Gasteiger partial charge in [0.05, 0.1) is 25.4 Å². The van der Waals surface area contributed by atoms with Crippen LogP contribution in [0.15, 0.2) is 27.8 Å². The Morgan fingerprint density at radius 1 is 1.32 bits per heavy atom. The fourth-order valence-electron chi connectivity index (χ4n) is 3.03. The Hall–Kier alpha value is -2.49. The van der Waals surface area contributed by atoms with E-state index in [1.807, 2.05) is 0 Å². The molecule has 13 nitrogen and oxygen atoms in total.